The van der Waals surface area contributed by atoms with Gasteiger partial charge in [-0.1, -0.05) is 0 Å². The highest BCUT2D eigenvalue weighted by Gasteiger charge is 2.22. The largest absolute Gasteiger partial charge is 0.481 e. The molecular weight excluding hydrogens is 268 g/mol. The lowest BCUT2D eigenvalue weighted by Crippen LogP contribution is -2.32. The molecule has 110 valence electrons. The maximum Gasteiger partial charge on any atom is 0.257 e. The van der Waals surface area contributed by atoms with Gasteiger partial charge in [-0.15, -0.1) is 0 Å². The zero-order chi connectivity index (χ0) is 14.5. The average Bonchev–Trinajstić information content (AvgIpc) is 2.81. The van der Waals surface area contributed by atoms with Crippen LogP contribution in [-0.2, 0) is 4.79 Å². The van der Waals surface area contributed by atoms with E-state index >= 15 is 0 Å². The Morgan fingerprint density at radius 3 is 2.85 bits per heavy atom. The minimum Gasteiger partial charge on any atom is -0.481 e. The molecule has 6 heteroatoms. The van der Waals surface area contributed by atoms with Crippen LogP contribution in [0.5, 0.6) is 5.75 Å². The number of aliphatic hydroxyl groups excluding tert-OH is 1. The van der Waals surface area contributed by atoms with E-state index in [2.05, 4.69) is 5.32 Å². The number of ether oxygens (including phenoxy) is 1. The zero-order valence-electron chi connectivity index (χ0n) is 10.9. The van der Waals surface area contributed by atoms with Gasteiger partial charge >= 0.3 is 0 Å². The van der Waals surface area contributed by atoms with Crippen molar-refractivity contribution in [3.05, 3.63) is 29.8 Å². The highest BCUT2D eigenvalue weighted by atomic mass is 19.1. The summed E-state index contributed by atoms with van der Waals surface area (Å²) in [6, 6.07) is 2.91. The Bertz CT molecular complexity index is 481. The maximum atomic E-state index is 13.3. The van der Waals surface area contributed by atoms with Gasteiger partial charge in [0.15, 0.2) is 18.2 Å². The van der Waals surface area contributed by atoms with Crippen LogP contribution in [0.15, 0.2) is 18.2 Å². The normalized spacial score (nSPS) is 21.8. The van der Waals surface area contributed by atoms with E-state index in [1.54, 1.807) is 0 Å². The van der Waals surface area contributed by atoms with E-state index in [0.29, 0.717) is 19.0 Å². The summed E-state index contributed by atoms with van der Waals surface area (Å²) in [5.74, 6) is -1.78. The van der Waals surface area contributed by atoms with E-state index in [9.17, 15) is 18.7 Å². The van der Waals surface area contributed by atoms with Crippen LogP contribution in [0, 0.1) is 17.6 Å². The number of rotatable bonds is 5. The predicted octanol–water partition coefficient (Wildman–Crippen LogP) is 1.62. The molecule has 1 aromatic rings. The topological polar surface area (TPSA) is 58.6 Å². The quantitative estimate of drug-likeness (QED) is 0.864. The monoisotopic (exact) mass is 285 g/mol. The lowest BCUT2D eigenvalue weighted by Gasteiger charge is -2.11. The molecule has 20 heavy (non-hydrogen) atoms. The summed E-state index contributed by atoms with van der Waals surface area (Å²) in [4.78, 5) is 11.5. The van der Waals surface area contributed by atoms with Crippen molar-refractivity contribution in [3.63, 3.8) is 0 Å². The van der Waals surface area contributed by atoms with Gasteiger partial charge in [-0.3, -0.25) is 4.79 Å². The first-order valence-electron chi connectivity index (χ1n) is 6.57. The SMILES string of the molecule is O=C(COc1ccc(F)cc1F)NCC1CCC(O)C1. The van der Waals surface area contributed by atoms with E-state index in [-0.39, 0.29) is 30.3 Å². The van der Waals surface area contributed by atoms with Gasteiger partial charge in [-0.05, 0) is 37.3 Å². The van der Waals surface area contributed by atoms with Gasteiger partial charge in [0.05, 0.1) is 6.10 Å². The van der Waals surface area contributed by atoms with Crippen LogP contribution >= 0.6 is 0 Å². The minimum absolute atomic E-state index is 0.155. The number of carbonyl (C=O) groups is 1. The summed E-state index contributed by atoms with van der Waals surface area (Å²) < 4.78 is 30.9. The van der Waals surface area contributed by atoms with Crippen LogP contribution in [-0.4, -0.2) is 30.3 Å². The minimum atomic E-state index is -0.836. The molecular formula is C14H17F2NO3. The number of carbonyl (C=O) groups excluding carboxylic acids is 1. The van der Waals surface area contributed by atoms with Crippen LogP contribution in [0.4, 0.5) is 8.78 Å². The fraction of sp³-hybridized carbons (Fsp3) is 0.500. The molecule has 1 fully saturated rings. The third-order valence-corrected chi connectivity index (χ3v) is 3.35. The first-order valence-corrected chi connectivity index (χ1v) is 6.57. The first kappa shape index (κ1) is 14.7. The summed E-state index contributed by atoms with van der Waals surface area (Å²) in [5, 5.41) is 12.0. The highest BCUT2D eigenvalue weighted by Crippen LogP contribution is 2.24. The highest BCUT2D eigenvalue weighted by molar-refractivity contribution is 5.77. The molecule has 2 atom stereocenters. The number of amides is 1. The second kappa shape index (κ2) is 6.65. The van der Waals surface area contributed by atoms with Crippen LogP contribution < -0.4 is 10.1 Å². The molecule has 0 aliphatic heterocycles. The van der Waals surface area contributed by atoms with Crippen LogP contribution in [0.25, 0.3) is 0 Å². The fourth-order valence-corrected chi connectivity index (χ4v) is 2.28. The molecule has 0 aromatic heterocycles. The van der Waals surface area contributed by atoms with Crippen molar-refractivity contribution < 1.29 is 23.4 Å². The third-order valence-electron chi connectivity index (χ3n) is 3.35. The fourth-order valence-electron chi connectivity index (χ4n) is 2.28. The molecule has 1 aliphatic rings. The van der Waals surface area contributed by atoms with E-state index in [1.165, 1.54) is 0 Å². The number of halogens is 2. The van der Waals surface area contributed by atoms with Crippen molar-refractivity contribution in [3.8, 4) is 5.75 Å². The Kier molecular flexibility index (Phi) is 4.89. The lowest BCUT2D eigenvalue weighted by atomic mass is 10.1. The number of aliphatic hydroxyl groups is 1. The Hall–Kier alpha value is -1.69. The molecule has 2 rings (SSSR count). The summed E-state index contributed by atoms with van der Waals surface area (Å²) in [5.41, 5.74) is 0. The van der Waals surface area contributed by atoms with Crippen molar-refractivity contribution in [1.29, 1.82) is 0 Å². The first-order chi connectivity index (χ1) is 9.54. The molecule has 1 amide bonds. The predicted molar refractivity (Wildman–Crippen MR) is 68.2 cm³/mol. The summed E-state index contributed by atoms with van der Waals surface area (Å²) in [6.07, 6.45) is 2.06. The van der Waals surface area contributed by atoms with Gasteiger partial charge < -0.3 is 15.2 Å². The molecule has 4 nitrogen and oxygen atoms in total. The molecule has 0 spiro atoms. The van der Waals surface area contributed by atoms with E-state index in [0.717, 1.165) is 25.0 Å². The summed E-state index contributed by atoms with van der Waals surface area (Å²) in [6.45, 7) is 0.156. The Morgan fingerprint density at radius 1 is 1.40 bits per heavy atom. The second-order valence-corrected chi connectivity index (χ2v) is 5.00. The second-order valence-electron chi connectivity index (χ2n) is 5.00. The smallest absolute Gasteiger partial charge is 0.257 e. The third kappa shape index (κ3) is 4.16. The standard InChI is InChI=1S/C14H17F2NO3/c15-10-2-4-13(12(16)6-10)20-8-14(19)17-7-9-1-3-11(18)5-9/h2,4,6,9,11,18H,1,3,5,7-8H2,(H,17,19). The molecule has 0 heterocycles. The Morgan fingerprint density at radius 2 is 2.20 bits per heavy atom. The van der Waals surface area contributed by atoms with E-state index < -0.39 is 11.6 Å². The zero-order valence-corrected chi connectivity index (χ0v) is 10.9. The molecule has 1 saturated carbocycles. The van der Waals surface area contributed by atoms with E-state index in [1.807, 2.05) is 0 Å². The molecule has 1 aromatic carbocycles. The van der Waals surface area contributed by atoms with Crippen molar-refractivity contribution >= 4 is 5.91 Å². The van der Waals surface area contributed by atoms with Crippen LogP contribution in [0.2, 0.25) is 0 Å². The number of hydrogen-bond acceptors (Lipinski definition) is 3. The van der Waals surface area contributed by atoms with E-state index in [4.69, 9.17) is 4.74 Å². The van der Waals surface area contributed by atoms with Crippen LogP contribution in [0.1, 0.15) is 19.3 Å². The van der Waals surface area contributed by atoms with Gasteiger partial charge in [0.25, 0.3) is 5.91 Å². The Labute approximate surface area is 115 Å². The van der Waals surface area contributed by atoms with Crippen molar-refractivity contribution in [2.45, 2.75) is 25.4 Å². The molecule has 2 N–H and O–H groups in total. The van der Waals surface area contributed by atoms with Gasteiger partial charge in [-0.2, -0.15) is 0 Å². The van der Waals surface area contributed by atoms with Crippen molar-refractivity contribution in [2.24, 2.45) is 5.92 Å². The molecule has 2 unspecified atom stereocenters. The summed E-state index contributed by atoms with van der Waals surface area (Å²) >= 11 is 0. The molecule has 1 aliphatic carbocycles. The average molecular weight is 285 g/mol. The number of hydrogen-bond donors (Lipinski definition) is 2. The molecule has 0 saturated heterocycles. The number of benzene rings is 1. The van der Waals surface area contributed by atoms with Gasteiger partial charge in [0.2, 0.25) is 0 Å². The van der Waals surface area contributed by atoms with Crippen LogP contribution in [0.3, 0.4) is 0 Å². The summed E-state index contributed by atoms with van der Waals surface area (Å²) in [7, 11) is 0. The maximum absolute atomic E-state index is 13.3. The molecule has 0 bridgehead atoms. The lowest BCUT2D eigenvalue weighted by molar-refractivity contribution is -0.123. The van der Waals surface area contributed by atoms with Gasteiger partial charge in [0, 0.05) is 12.6 Å². The Balaban J connectivity index is 1.72. The van der Waals surface area contributed by atoms with Crippen molar-refractivity contribution in [2.75, 3.05) is 13.2 Å². The van der Waals surface area contributed by atoms with Gasteiger partial charge in [0.1, 0.15) is 5.82 Å². The van der Waals surface area contributed by atoms with Gasteiger partial charge in [-0.25, -0.2) is 8.78 Å². The van der Waals surface area contributed by atoms with Crippen molar-refractivity contribution in [1.82, 2.24) is 5.32 Å². The number of nitrogens with one attached hydrogen (secondary N) is 1. The molecule has 0 radical (unpaired) electrons.